The molecule has 13 rings (SSSR count). The van der Waals surface area contributed by atoms with Gasteiger partial charge >= 0.3 is 0 Å². The molecule has 0 radical (unpaired) electrons. The molecule has 62 heavy (non-hydrogen) atoms. The van der Waals surface area contributed by atoms with Crippen molar-refractivity contribution in [2.24, 2.45) is 0 Å². The van der Waals surface area contributed by atoms with Gasteiger partial charge in [0.05, 0.1) is 22.6 Å². The summed E-state index contributed by atoms with van der Waals surface area (Å²) in [6, 6.07) is 79.4. The van der Waals surface area contributed by atoms with Crippen LogP contribution in [0.25, 0.3) is 131 Å². The molecule has 2 heterocycles. The maximum Gasteiger partial charge on any atom is 0.0788 e. The van der Waals surface area contributed by atoms with Crippen LogP contribution in [0.15, 0.2) is 218 Å². The average Bonchev–Trinajstić information content (AvgIpc) is 3.35. The molecule has 0 spiro atoms. The van der Waals surface area contributed by atoms with Crippen LogP contribution < -0.4 is 0 Å². The Morgan fingerprint density at radius 1 is 0.242 bits per heavy atom. The molecule has 286 valence electrons. The minimum atomic E-state index is 0.919. The summed E-state index contributed by atoms with van der Waals surface area (Å²) in [5, 5.41) is 18.0. The van der Waals surface area contributed by atoms with Crippen LogP contribution in [0.1, 0.15) is 0 Å². The molecule has 0 atom stereocenters. The second kappa shape index (κ2) is 13.7. The molecule has 0 aliphatic heterocycles. The summed E-state index contributed by atoms with van der Waals surface area (Å²) >= 11 is 0. The maximum atomic E-state index is 5.74. The third-order valence-electron chi connectivity index (χ3n) is 13.0. The Labute approximate surface area is 358 Å². The van der Waals surface area contributed by atoms with Crippen molar-refractivity contribution < 1.29 is 0 Å². The lowest BCUT2D eigenvalue weighted by atomic mass is 9.88. The highest BCUT2D eigenvalue weighted by molar-refractivity contribution is 6.25. The van der Waals surface area contributed by atoms with Crippen molar-refractivity contribution in [3.8, 4) is 44.9 Å². The van der Waals surface area contributed by atoms with Crippen LogP contribution in [0.5, 0.6) is 0 Å². The Bertz CT molecular complexity index is 3860. The summed E-state index contributed by atoms with van der Waals surface area (Å²) in [5.74, 6) is 0. The molecule has 0 saturated carbocycles. The molecule has 0 unspecified atom stereocenters. The highest BCUT2D eigenvalue weighted by Gasteiger charge is 2.20. The molecule has 2 nitrogen and oxygen atoms in total. The van der Waals surface area contributed by atoms with Crippen molar-refractivity contribution >= 4 is 86.3 Å². The zero-order valence-corrected chi connectivity index (χ0v) is 33.7. The fourth-order valence-electron chi connectivity index (χ4n) is 10.1. The van der Waals surface area contributed by atoms with Gasteiger partial charge in [-0.1, -0.05) is 176 Å². The Morgan fingerprint density at radius 2 is 0.710 bits per heavy atom. The number of nitrogens with zero attached hydrogens (tertiary/aromatic N) is 2. The molecule has 11 aromatic carbocycles. The summed E-state index contributed by atoms with van der Waals surface area (Å²) in [6.45, 7) is 0. The van der Waals surface area contributed by atoms with E-state index in [-0.39, 0.29) is 0 Å². The van der Waals surface area contributed by atoms with Crippen molar-refractivity contribution in [3.05, 3.63) is 218 Å². The smallest absolute Gasteiger partial charge is 0.0788 e. The second-order valence-corrected chi connectivity index (χ2v) is 16.4. The van der Waals surface area contributed by atoms with E-state index in [9.17, 15) is 0 Å². The summed E-state index contributed by atoms with van der Waals surface area (Å²) in [5.41, 5.74) is 9.39. The highest BCUT2D eigenvalue weighted by Crippen LogP contribution is 2.45. The van der Waals surface area contributed by atoms with E-state index in [0.717, 1.165) is 61.0 Å². The molecule has 0 amide bonds. The van der Waals surface area contributed by atoms with Crippen molar-refractivity contribution in [2.45, 2.75) is 0 Å². The number of fused-ring (bicyclic) bond motifs is 12. The fourth-order valence-corrected chi connectivity index (χ4v) is 10.1. The SMILES string of the molecule is c1ccc2cc(-c3nc4ccccc4c4c3cc(-c3cc(-c5cc6ccccc6c6ccccc56)cc(-c5cc6ccccc6c6ccccc56)n3)c3ccccc34)ccc2c1. The topological polar surface area (TPSA) is 25.8 Å². The van der Waals surface area contributed by atoms with Crippen LogP contribution in [-0.4, -0.2) is 9.97 Å². The van der Waals surface area contributed by atoms with Crippen LogP contribution in [-0.2, 0) is 0 Å². The molecule has 0 aliphatic carbocycles. The largest absolute Gasteiger partial charge is 0.248 e. The van der Waals surface area contributed by atoms with Crippen molar-refractivity contribution in [3.63, 3.8) is 0 Å². The number of hydrogen-bond donors (Lipinski definition) is 0. The van der Waals surface area contributed by atoms with Crippen LogP contribution in [0, 0.1) is 0 Å². The molecule has 13 aromatic rings. The first-order chi connectivity index (χ1) is 30.7. The quantitative estimate of drug-likeness (QED) is 0.166. The average molecular weight is 785 g/mol. The molecule has 0 saturated heterocycles. The van der Waals surface area contributed by atoms with Crippen molar-refractivity contribution in [1.82, 2.24) is 9.97 Å². The van der Waals surface area contributed by atoms with E-state index in [1.807, 2.05) is 0 Å². The summed E-state index contributed by atoms with van der Waals surface area (Å²) in [6.07, 6.45) is 0. The number of aromatic nitrogens is 2. The van der Waals surface area contributed by atoms with Gasteiger partial charge < -0.3 is 0 Å². The number of rotatable bonds is 4. The molecular formula is C60H36N2. The minimum Gasteiger partial charge on any atom is -0.248 e. The van der Waals surface area contributed by atoms with Gasteiger partial charge in [-0.15, -0.1) is 0 Å². The lowest BCUT2D eigenvalue weighted by molar-refractivity contribution is 1.34. The van der Waals surface area contributed by atoms with Gasteiger partial charge in [0.15, 0.2) is 0 Å². The van der Waals surface area contributed by atoms with Gasteiger partial charge in [0, 0.05) is 32.8 Å². The van der Waals surface area contributed by atoms with E-state index in [0.29, 0.717) is 0 Å². The minimum absolute atomic E-state index is 0.919. The van der Waals surface area contributed by atoms with Crippen LogP contribution in [0.3, 0.4) is 0 Å². The van der Waals surface area contributed by atoms with E-state index < -0.39 is 0 Å². The summed E-state index contributed by atoms with van der Waals surface area (Å²) < 4.78 is 0. The monoisotopic (exact) mass is 784 g/mol. The molecule has 0 bridgehead atoms. The lowest BCUT2D eigenvalue weighted by Crippen LogP contribution is -1.96. The standard InChI is InChI=1S/C60H36N2/c1-2-16-38-31-41(30-29-37(38)15-1)60-55-36-54(49-25-11-12-26-50(49)59(55)51-27-13-14-28-56(51)62-60)58-35-42(52-32-39-17-3-5-19-43(39)45-21-7-9-23-47(45)52)34-57(61-58)53-33-40-18-4-6-20-44(40)46-22-8-10-24-48(46)53/h1-36H. The number of benzene rings is 11. The first-order valence-corrected chi connectivity index (χ1v) is 21.3. The van der Waals surface area contributed by atoms with Crippen LogP contribution in [0.2, 0.25) is 0 Å². The Morgan fingerprint density at radius 3 is 1.37 bits per heavy atom. The van der Waals surface area contributed by atoms with Gasteiger partial charge in [0.1, 0.15) is 0 Å². The predicted octanol–water partition coefficient (Wildman–Crippen LogP) is 16.4. The second-order valence-electron chi connectivity index (χ2n) is 16.4. The van der Waals surface area contributed by atoms with Gasteiger partial charge in [-0.25, -0.2) is 9.97 Å². The molecule has 2 aromatic heterocycles. The van der Waals surface area contributed by atoms with Gasteiger partial charge in [0.2, 0.25) is 0 Å². The molecule has 0 N–H and O–H groups in total. The highest BCUT2D eigenvalue weighted by atomic mass is 14.7. The van der Waals surface area contributed by atoms with Crippen molar-refractivity contribution in [2.75, 3.05) is 0 Å². The summed E-state index contributed by atoms with van der Waals surface area (Å²) in [7, 11) is 0. The van der Waals surface area contributed by atoms with E-state index in [2.05, 4.69) is 218 Å². The third-order valence-corrected chi connectivity index (χ3v) is 13.0. The van der Waals surface area contributed by atoms with E-state index >= 15 is 0 Å². The Hall–Kier alpha value is -8.20. The van der Waals surface area contributed by atoms with Crippen LogP contribution in [0.4, 0.5) is 0 Å². The van der Waals surface area contributed by atoms with Gasteiger partial charge in [-0.2, -0.15) is 0 Å². The van der Waals surface area contributed by atoms with Gasteiger partial charge in [0.25, 0.3) is 0 Å². The third kappa shape index (κ3) is 5.37. The molecule has 0 fully saturated rings. The molecule has 2 heteroatoms. The lowest BCUT2D eigenvalue weighted by Gasteiger charge is -2.18. The van der Waals surface area contributed by atoms with E-state index in [1.54, 1.807) is 0 Å². The molecule has 0 aliphatic rings. The Kier molecular flexibility index (Phi) is 7.64. The van der Waals surface area contributed by atoms with E-state index in [4.69, 9.17) is 9.97 Å². The summed E-state index contributed by atoms with van der Waals surface area (Å²) in [4.78, 5) is 11.2. The number of hydrogen-bond acceptors (Lipinski definition) is 2. The number of pyridine rings is 2. The first kappa shape index (κ1) is 34.6. The fraction of sp³-hybridized carbons (Fsp3) is 0. The maximum absolute atomic E-state index is 5.74. The predicted molar refractivity (Wildman–Crippen MR) is 264 cm³/mol. The van der Waals surface area contributed by atoms with E-state index in [1.165, 1.54) is 70.2 Å². The normalized spacial score (nSPS) is 11.9. The zero-order chi connectivity index (χ0) is 40.7. The van der Waals surface area contributed by atoms with Gasteiger partial charge in [-0.3, -0.25) is 0 Å². The number of para-hydroxylation sites is 1. The van der Waals surface area contributed by atoms with Crippen LogP contribution >= 0.6 is 0 Å². The Balaban J connectivity index is 1.17. The molecular weight excluding hydrogens is 749 g/mol. The first-order valence-electron chi connectivity index (χ1n) is 21.3. The zero-order valence-electron chi connectivity index (χ0n) is 33.7. The van der Waals surface area contributed by atoms with Crippen molar-refractivity contribution in [1.29, 1.82) is 0 Å². The van der Waals surface area contributed by atoms with Gasteiger partial charge in [-0.05, 0) is 118 Å².